The van der Waals surface area contributed by atoms with Gasteiger partial charge in [0.25, 0.3) is 5.09 Å². The lowest BCUT2D eigenvalue weighted by Gasteiger charge is -1.93. The zero-order valence-corrected chi connectivity index (χ0v) is 9.78. The Kier molecular flexibility index (Phi) is 10.4. The number of nitrogens with zero attached hydrogens (tertiary/aromatic N) is 1. The van der Waals surface area contributed by atoms with E-state index in [1.54, 1.807) is 23.9 Å². The van der Waals surface area contributed by atoms with Crippen molar-refractivity contribution >= 4 is 23.9 Å². The molecule has 0 fully saturated rings. The van der Waals surface area contributed by atoms with Crippen molar-refractivity contribution in [1.82, 2.24) is 9.44 Å². The smallest absolute Gasteiger partial charge is 0.291 e. The molecule has 0 aromatic heterocycles. The van der Waals surface area contributed by atoms with Gasteiger partial charge in [0.1, 0.15) is 0 Å². The predicted octanol–water partition coefficient (Wildman–Crippen LogP) is 2.18. The van der Waals surface area contributed by atoms with Crippen LogP contribution in [0, 0.1) is 10.1 Å². The number of rotatable bonds is 0. The van der Waals surface area contributed by atoms with Crippen LogP contribution in [0.15, 0.2) is 47.5 Å². The first-order valence-electron chi connectivity index (χ1n) is 4.02. The lowest BCUT2D eigenvalue weighted by molar-refractivity contribution is -0.742. The van der Waals surface area contributed by atoms with Crippen molar-refractivity contribution < 1.29 is 10.3 Å². The van der Waals surface area contributed by atoms with Crippen molar-refractivity contribution in [1.29, 1.82) is 0 Å². The van der Waals surface area contributed by atoms with Crippen LogP contribution in [-0.4, -0.2) is 10.3 Å². The summed E-state index contributed by atoms with van der Waals surface area (Å²) in [6, 6.07) is 0. The van der Waals surface area contributed by atoms with Crippen LogP contribution in [0.2, 0.25) is 0 Å². The van der Waals surface area contributed by atoms with E-state index in [2.05, 4.69) is 9.44 Å². The van der Waals surface area contributed by atoms with Crippen LogP contribution in [0.25, 0.3) is 0 Å². The Morgan fingerprint density at radius 1 is 1.00 bits per heavy atom. The van der Waals surface area contributed by atoms with Crippen LogP contribution in [0.4, 0.5) is 0 Å². The summed E-state index contributed by atoms with van der Waals surface area (Å²) in [6.07, 6.45) is 11.7. The maximum Gasteiger partial charge on any atom is 0.291 e. The van der Waals surface area contributed by atoms with Crippen LogP contribution >= 0.6 is 23.9 Å². The molecule has 0 amide bonds. The Labute approximate surface area is 102 Å². The fourth-order valence-electron chi connectivity index (χ4n) is 0.516. The first kappa shape index (κ1) is 14.5. The van der Waals surface area contributed by atoms with Gasteiger partial charge in [0.2, 0.25) is 0 Å². The molecule has 0 atom stereocenters. The number of nitrogens with one attached hydrogen (secondary N) is 2. The molecule has 0 aromatic rings. The summed E-state index contributed by atoms with van der Waals surface area (Å²) in [7, 11) is 0. The van der Waals surface area contributed by atoms with Gasteiger partial charge in [0.05, 0.1) is 0 Å². The Morgan fingerprint density at radius 3 is 1.44 bits per heavy atom. The van der Waals surface area contributed by atoms with Crippen LogP contribution in [0.3, 0.4) is 0 Å². The summed E-state index contributed by atoms with van der Waals surface area (Å²) in [6.45, 7) is 0. The zero-order valence-electron chi connectivity index (χ0n) is 8.15. The second kappa shape index (κ2) is 11.5. The van der Waals surface area contributed by atoms with Crippen molar-refractivity contribution in [2.75, 3.05) is 0 Å². The highest BCUT2D eigenvalue weighted by Crippen LogP contribution is 1.99. The monoisotopic (exact) mass is 261 g/mol. The van der Waals surface area contributed by atoms with E-state index in [0.717, 1.165) is 0 Å². The highest BCUT2D eigenvalue weighted by atomic mass is 32.2. The Morgan fingerprint density at radius 2 is 1.38 bits per heavy atom. The molecule has 2 aliphatic heterocycles. The summed E-state index contributed by atoms with van der Waals surface area (Å²) >= 11 is 3.16. The molecule has 0 spiro atoms. The molecular weight excluding hydrogens is 250 g/mol. The maximum atomic E-state index is 8.36. The minimum atomic E-state index is -1.50. The summed E-state index contributed by atoms with van der Waals surface area (Å²) < 4.78 is 5.87. The second-order valence-electron chi connectivity index (χ2n) is 2.08. The molecule has 88 valence electrons. The van der Waals surface area contributed by atoms with Gasteiger partial charge in [-0.3, -0.25) is 0 Å². The Balaban J connectivity index is 0.000000217. The van der Waals surface area contributed by atoms with Crippen molar-refractivity contribution in [3.05, 3.63) is 57.6 Å². The van der Waals surface area contributed by atoms with Gasteiger partial charge >= 0.3 is 0 Å². The van der Waals surface area contributed by atoms with Crippen molar-refractivity contribution in [3.63, 3.8) is 0 Å². The molecular formula is C8H11N3O3S2. The van der Waals surface area contributed by atoms with Crippen molar-refractivity contribution in [2.45, 2.75) is 0 Å². The highest BCUT2D eigenvalue weighted by Gasteiger charge is 1.75. The van der Waals surface area contributed by atoms with E-state index in [-0.39, 0.29) is 0 Å². The fraction of sp³-hybridized carbons (Fsp3) is 0. The van der Waals surface area contributed by atoms with E-state index in [1.165, 1.54) is 0 Å². The van der Waals surface area contributed by atoms with Gasteiger partial charge in [-0.2, -0.15) is 0 Å². The maximum absolute atomic E-state index is 8.36. The van der Waals surface area contributed by atoms with Crippen molar-refractivity contribution in [3.8, 4) is 0 Å². The molecule has 0 aromatic carbocycles. The average molecular weight is 261 g/mol. The van der Waals surface area contributed by atoms with Crippen LogP contribution in [0.1, 0.15) is 0 Å². The number of hydrogen-bond acceptors (Lipinski definition) is 6. The predicted molar refractivity (Wildman–Crippen MR) is 66.8 cm³/mol. The molecule has 3 N–H and O–H groups in total. The van der Waals surface area contributed by atoms with Gasteiger partial charge in [0, 0.05) is 12.4 Å². The molecule has 0 unspecified atom stereocenters. The average Bonchev–Trinajstić information content (AvgIpc) is 2.34. The van der Waals surface area contributed by atoms with E-state index >= 15 is 0 Å². The second-order valence-corrected chi connectivity index (χ2v) is 3.57. The molecule has 2 rings (SSSR count). The summed E-state index contributed by atoms with van der Waals surface area (Å²) in [5.41, 5.74) is 0. The van der Waals surface area contributed by atoms with Gasteiger partial charge in [-0.15, -0.1) is 10.1 Å². The van der Waals surface area contributed by atoms with E-state index in [4.69, 9.17) is 15.3 Å². The van der Waals surface area contributed by atoms with Crippen LogP contribution in [-0.2, 0) is 0 Å². The lowest BCUT2D eigenvalue weighted by atomic mass is 10.6. The fourth-order valence-corrected chi connectivity index (χ4v) is 1.33. The SMILES string of the molecule is C1=CNSC=C1.C1=CNSC=C1.O=[N+]([O-])O. The Bertz CT molecular complexity index is 251. The molecule has 2 aliphatic rings. The zero-order chi connectivity index (χ0) is 12.1. The normalized spacial score (nSPS) is 14.5. The first-order chi connectivity index (χ1) is 7.73. The minimum Gasteiger partial charge on any atom is -0.333 e. The number of hydrogen-bond donors (Lipinski definition) is 3. The lowest BCUT2D eigenvalue weighted by Crippen LogP contribution is -1.88. The topological polar surface area (TPSA) is 87.4 Å². The molecule has 0 saturated carbocycles. The van der Waals surface area contributed by atoms with E-state index in [0.29, 0.717) is 0 Å². The van der Waals surface area contributed by atoms with Gasteiger partial charge in [-0.25, -0.2) is 0 Å². The largest absolute Gasteiger partial charge is 0.333 e. The third kappa shape index (κ3) is 15.0. The van der Waals surface area contributed by atoms with Crippen molar-refractivity contribution in [2.24, 2.45) is 0 Å². The summed E-state index contributed by atoms with van der Waals surface area (Å²) in [5, 5.41) is 17.6. The van der Waals surface area contributed by atoms with Gasteiger partial charge in [-0.05, 0) is 46.9 Å². The van der Waals surface area contributed by atoms with Gasteiger partial charge in [0.15, 0.2) is 0 Å². The van der Waals surface area contributed by atoms with Crippen LogP contribution < -0.4 is 9.44 Å². The van der Waals surface area contributed by atoms with Crippen LogP contribution in [0.5, 0.6) is 0 Å². The molecule has 6 nitrogen and oxygen atoms in total. The molecule has 0 aliphatic carbocycles. The third-order valence-corrected chi connectivity index (χ3v) is 2.11. The third-order valence-electron chi connectivity index (χ3n) is 0.980. The standard InChI is InChI=1S/2C4H5NS.HNO3/c2*1-2-4-6-5-3-1;2-1(3)4/h2*1-5H;(H,2,3,4). The summed E-state index contributed by atoms with van der Waals surface area (Å²) in [4.78, 5) is 8.36. The summed E-state index contributed by atoms with van der Waals surface area (Å²) in [5.74, 6) is 0. The van der Waals surface area contributed by atoms with Gasteiger partial charge in [-0.1, -0.05) is 12.2 Å². The molecule has 0 bridgehead atoms. The molecule has 8 heteroatoms. The molecule has 0 radical (unpaired) electrons. The van der Waals surface area contributed by atoms with Gasteiger partial charge < -0.3 is 14.7 Å². The first-order valence-corrected chi connectivity index (χ1v) is 5.78. The van der Waals surface area contributed by atoms with E-state index in [1.807, 2.05) is 47.5 Å². The Hall–Kier alpha value is -1.54. The minimum absolute atomic E-state index is 1.50. The quantitative estimate of drug-likeness (QED) is 0.350. The highest BCUT2D eigenvalue weighted by molar-refractivity contribution is 8.00. The molecule has 16 heavy (non-hydrogen) atoms. The van der Waals surface area contributed by atoms with E-state index < -0.39 is 5.09 Å². The molecule has 2 heterocycles. The van der Waals surface area contributed by atoms with E-state index in [9.17, 15) is 0 Å². The molecule has 0 saturated heterocycles. The number of allylic oxidation sites excluding steroid dienone is 4.